The first-order valence-corrected chi connectivity index (χ1v) is 22.9. The van der Waals surface area contributed by atoms with Crippen LogP contribution in [0.1, 0.15) is 0 Å². The van der Waals surface area contributed by atoms with Gasteiger partial charge in [0, 0.05) is 51.1 Å². The van der Waals surface area contributed by atoms with Gasteiger partial charge in [0.2, 0.25) is 0 Å². The minimum atomic E-state index is -0.185. The van der Waals surface area contributed by atoms with Crippen molar-refractivity contribution in [2.45, 2.75) is 0 Å². The van der Waals surface area contributed by atoms with Crippen molar-refractivity contribution in [1.29, 1.82) is 0 Å². The summed E-state index contributed by atoms with van der Waals surface area (Å²) in [6, 6.07) is 88.5. The van der Waals surface area contributed by atoms with Crippen LogP contribution >= 0.6 is 0 Å². The third kappa shape index (κ3) is 6.55. The first kappa shape index (κ1) is 38.6. The third-order valence-electron chi connectivity index (χ3n) is 13.3. The lowest BCUT2D eigenvalue weighted by Crippen LogP contribution is -2.58. The van der Waals surface area contributed by atoms with E-state index in [4.69, 9.17) is 9.47 Å². The standard InChI is InChI=1S/C62H41BN2O2/c1-5-20-42(21-6-1)44-24-17-30-48(38-44)65(49-31-18-25-45(39-49)43-22-7-2-8-23-43)55-41-59-61(53-35-16-14-33-51(53)55)63-60-52-34-15-13-32-50(52)54(40-58(60)66-56-36-19-37-57(67-59)62(56)63)64(46-26-9-3-10-27-46)47-28-11-4-12-29-47/h1-41H. The second-order valence-electron chi connectivity index (χ2n) is 17.2. The zero-order valence-corrected chi connectivity index (χ0v) is 36.5. The van der Waals surface area contributed by atoms with E-state index in [1.165, 1.54) is 0 Å². The molecule has 0 bridgehead atoms. The third-order valence-corrected chi connectivity index (χ3v) is 13.3. The molecule has 0 fully saturated rings. The zero-order chi connectivity index (χ0) is 44.3. The topological polar surface area (TPSA) is 24.9 Å². The van der Waals surface area contributed by atoms with Gasteiger partial charge in [0.15, 0.2) is 0 Å². The highest BCUT2D eigenvalue weighted by atomic mass is 16.5. The molecular weight excluding hydrogens is 816 g/mol. The van der Waals surface area contributed by atoms with Crippen LogP contribution in [0.3, 0.4) is 0 Å². The molecule has 5 heteroatoms. The van der Waals surface area contributed by atoms with Crippen molar-refractivity contribution >= 4 is 78.8 Å². The second kappa shape index (κ2) is 16.0. The van der Waals surface area contributed by atoms with Gasteiger partial charge in [-0.25, -0.2) is 0 Å². The summed E-state index contributed by atoms with van der Waals surface area (Å²) >= 11 is 0. The number of fused-ring (bicyclic) bond motifs is 8. The van der Waals surface area contributed by atoms with Gasteiger partial charge in [0.05, 0.1) is 11.4 Å². The summed E-state index contributed by atoms with van der Waals surface area (Å²) in [5.74, 6) is 3.26. The number of hydrogen-bond donors (Lipinski definition) is 0. The van der Waals surface area contributed by atoms with Gasteiger partial charge < -0.3 is 19.3 Å². The second-order valence-corrected chi connectivity index (χ2v) is 17.2. The molecular formula is C62H41BN2O2. The average molecular weight is 857 g/mol. The Morgan fingerprint density at radius 1 is 0.254 bits per heavy atom. The summed E-state index contributed by atoms with van der Waals surface area (Å²) in [5.41, 5.74) is 14.2. The number of rotatable bonds is 8. The van der Waals surface area contributed by atoms with E-state index in [-0.39, 0.29) is 6.71 Å². The highest BCUT2D eigenvalue weighted by molar-refractivity contribution is 7.01. The van der Waals surface area contributed by atoms with Gasteiger partial charge in [-0.3, -0.25) is 0 Å². The van der Waals surface area contributed by atoms with Crippen molar-refractivity contribution in [3.8, 4) is 45.3 Å². The molecule has 0 aliphatic carbocycles. The van der Waals surface area contributed by atoms with Crippen molar-refractivity contribution < 1.29 is 9.47 Å². The first-order chi connectivity index (χ1) is 33.2. The molecule has 4 nitrogen and oxygen atoms in total. The van der Waals surface area contributed by atoms with E-state index in [0.29, 0.717) is 0 Å². The summed E-state index contributed by atoms with van der Waals surface area (Å²) in [5, 5.41) is 4.51. The maximum Gasteiger partial charge on any atom is 0.262 e. The van der Waals surface area contributed by atoms with Gasteiger partial charge in [0.25, 0.3) is 6.71 Å². The van der Waals surface area contributed by atoms with Crippen molar-refractivity contribution in [1.82, 2.24) is 0 Å². The Kier molecular flexibility index (Phi) is 9.24. The first-order valence-electron chi connectivity index (χ1n) is 22.9. The summed E-state index contributed by atoms with van der Waals surface area (Å²) in [6.45, 7) is -0.185. The van der Waals surface area contributed by atoms with Crippen molar-refractivity contribution in [2.75, 3.05) is 9.80 Å². The molecule has 0 atom stereocenters. The fourth-order valence-corrected chi connectivity index (χ4v) is 10.4. The van der Waals surface area contributed by atoms with E-state index in [1.807, 2.05) is 6.07 Å². The molecule has 0 spiro atoms. The van der Waals surface area contributed by atoms with E-state index >= 15 is 0 Å². The molecule has 0 amide bonds. The molecule has 11 aromatic rings. The summed E-state index contributed by atoms with van der Waals surface area (Å²) in [6.07, 6.45) is 0. The number of ether oxygens (including phenoxy) is 2. The van der Waals surface area contributed by atoms with Crippen LogP contribution in [0.25, 0.3) is 43.8 Å². The Hall–Kier alpha value is -8.80. The number of nitrogens with zero attached hydrogens (tertiary/aromatic N) is 2. The minimum absolute atomic E-state index is 0.185. The molecule has 0 radical (unpaired) electrons. The summed E-state index contributed by atoms with van der Waals surface area (Å²) in [4.78, 5) is 4.74. The largest absolute Gasteiger partial charge is 0.458 e. The molecule has 0 N–H and O–H groups in total. The van der Waals surface area contributed by atoms with E-state index in [2.05, 4.69) is 252 Å². The predicted octanol–water partition coefficient (Wildman–Crippen LogP) is 15.0. The van der Waals surface area contributed by atoms with Crippen molar-refractivity contribution in [3.05, 3.63) is 249 Å². The lowest BCUT2D eigenvalue weighted by molar-refractivity contribution is 0.465. The van der Waals surface area contributed by atoms with Crippen LogP contribution in [0.5, 0.6) is 23.0 Å². The molecule has 314 valence electrons. The molecule has 2 aliphatic heterocycles. The molecule has 0 aromatic heterocycles. The maximum atomic E-state index is 7.17. The Balaban J connectivity index is 1.06. The molecule has 2 heterocycles. The van der Waals surface area contributed by atoms with Crippen LogP contribution in [0.15, 0.2) is 249 Å². The van der Waals surface area contributed by atoms with E-state index < -0.39 is 0 Å². The van der Waals surface area contributed by atoms with E-state index in [9.17, 15) is 0 Å². The lowest BCUT2D eigenvalue weighted by Gasteiger charge is -2.37. The number of para-hydroxylation sites is 2. The molecule has 11 aromatic carbocycles. The molecule has 2 aliphatic rings. The minimum Gasteiger partial charge on any atom is -0.458 e. The van der Waals surface area contributed by atoms with Gasteiger partial charge >= 0.3 is 0 Å². The lowest BCUT2D eigenvalue weighted by atomic mass is 9.33. The zero-order valence-electron chi connectivity index (χ0n) is 36.5. The highest BCUT2D eigenvalue weighted by Gasteiger charge is 2.43. The van der Waals surface area contributed by atoms with Crippen molar-refractivity contribution in [2.24, 2.45) is 0 Å². The molecule has 0 saturated heterocycles. The summed E-state index contributed by atoms with van der Waals surface area (Å²) < 4.78 is 14.3. The van der Waals surface area contributed by atoms with Crippen LogP contribution in [0.4, 0.5) is 34.1 Å². The van der Waals surface area contributed by atoms with Crippen LogP contribution in [-0.2, 0) is 0 Å². The van der Waals surface area contributed by atoms with Crippen LogP contribution < -0.4 is 35.7 Å². The molecule has 13 rings (SSSR count). The fraction of sp³-hybridized carbons (Fsp3) is 0. The normalized spacial score (nSPS) is 12.1. The number of anilines is 6. The number of benzene rings is 11. The Bertz CT molecular complexity index is 3530. The van der Waals surface area contributed by atoms with Gasteiger partial charge in [-0.05, 0) is 105 Å². The van der Waals surface area contributed by atoms with Crippen LogP contribution in [-0.4, -0.2) is 6.71 Å². The van der Waals surface area contributed by atoms with Crippen molar-refractivity contribution in [3.63, 3.8) is 0 Å². The number of hydrogen-bond acceptors (Lipinski definition) is 4. The van der Waals surface area contributed by atoms with Crippen LogP contribution in [0.2, 0.25) is 0 Å². The van der Waals surface area contributed by atoms with Gasteiger partial charge in [-0.1, -0.05) is 176 Å². The Labute approximate surface area is 390 Å². The highest BCUT2D eigenvalue weighted by Crippen LogP contribution is 2.47. The quantitative estimate of drug-likeness (QED) is 0.142. The summed E-state index contributed by atoms with van der Waals surface area (Å²) in [7, 11) is 0. The van der Waals surface area contributed by atoms with Crippen LogP contribution in [0, 0.1) is 0 Å². The predicted molar refractivity (Wildman–Crippen MR) is 279 cm³/mol. The smallest absolute Gasteiger partial charge is 0.262 e. The average Bonchev–Trinajstić information content (AvgIpc) is 3.40. The SMILES string of the molecule is c1ccc(-c2cccc(N(c3cccc(-c4ccccc4)c3)c3cc4c(c5ccccc35)B3c5c(cccc5O4)Oc4cc(N(c5ccccc5)c5ccccc5)c5ccccc5c43)c2)cc1. The molecule has 0 saturated carbocycles. The van der Waals surface area contributed by atoms with E-state index in [0.717, 1.165) is 117 Å². The van der Waals surface area contributed by atoms with E-state index in [1.54, 1.807) is 0 Å². The monoisotopic (exact) mass is 856 g/mol. The molecule has 67 heavy (non-hydrogen) atoms. The van der Waals surface area contributed by atoms with Gasteiger partial charge in [-0.2, -0.15) is 0 Å². The van der Waals surface area contributed by atoms with Gasteiger partial charge in [-0.15, -0.1) is 0 Å². The fourth-order valence-electron chi connectivity index (χ4n) is 10.4. The Morgan fingerprint density at radius 2 is 0.597 bits per heavy atom. The van der Waals surface area contributed by atoms with Gasteiger partial charge in [0.1, 0.15) is 23.0 Å². The Morgan fingerprint density at radius 3 is 1.04 bits per heavy atom. The maximum absolute atomic E-state index is 7.17. The molecule has 0 unspecified atom stereocenters.